The highest BCUT2D eigenvalue weighted by Gasteiger charge is 2.41. The van der Waals surface area contributed by atoms with Gasteiger partial charge in [0.1, 0.15) is 24.3 Å². The molecule has 0 aliphatic carbocycles. The van der Waals surface area contributed by atoms with Gasteiger partial charge in [-0.05, 0) is 62.4 Å². The van der Waals surface area contributed by atoms with Gasteiger partial charge in [0.2, 0.25) is 5.91 Å². The number of carbonyl (C=O) groups is 4. The minimum Gasteiger partial charge on any atom is -0.459 e. The highest BCUT2D eigenvalue weighted by atomic mass is 16.7. The van der Waals surface area contributed by atoms with Gasteiger partial charge in [-0.3, -0.25) is 24.2 Å². The van der Waals surface area contributed by atoms with Crippen LogP contribution in [-0.4, -0.2) is 75.7 Å². The second-order valence-corrected chi connectivity index (χ2v) is 14.6. The first-order valence-corrected chi connectivity index (χ1v) is 17.8. The second-order valence-electron chi connectivity index (χ2n) is 14.6. The molecule has 0 aromatic heterocycles. The molecule has 0 saturated carbocycles. The predicted octanol–water partition coefficient (Wildman–Crippen LogP) is 5.08. The molecule has 5 atom stereocenters. The number of imide groups is 1. The van der Waals surface area contributed by atoms with Gasteiger partial charge in [0, 0.05) is 18.5 Å². The Kier molecular flexibility index (Phi) is 11.7. The highest BCUT2D eigenvalue weighted by molar-refractivity contribution is 6.06. The van der Waals surface area contributed by atoms with Gasteiger partial charge in [-0.1, -0.05) is 78.9 Å². The Morgan fingerprint density at radius 1 is 0.904 bits per heavy atom. The van der Waals surface area contributed by atoms with Crippen molar-refractivity contribution < 1.29 is 43.2 Å². The zero-order valence-electron chi connectivity index (χ0n) is 29.9. The fraction of sp³-hybridized carbons (Fsp3) is 0.450. The molecule has 3 amide bonds. The van der Waals surface area contributed by atoms with E-state index in [1.807, 2.05) is 99.6 Å². The van der Waals surface area contributed by atoms with Crippen molar-refractivity contribution in [2.45, 2.75) is 102 Å². The van der Waals surface area contributed by atoms with E-state index in [0.29, 0.717) is 13.0 Å². The molecular formula is C40H47N3O9. The van der Waals surface area contributed by atoms with Crippen molar-refractivity contribution in [2.75, 3.05) is 13.1 Å². The lowest BCUT2D eigenvalue weighted by molar-refractivity contribution is -0.253. The molecule has 3 fully saturated rings. The van der Waals surface area contributed by atoms with E-state index in [4.69, 9.17) is 18.9 Å². The normalized spacial score (nSPS) is 23.8. The zero-order valence-corrected chi connectivity index (χ0v) is 29.9. The summed E-state index contributed by atoms with van der Waals surface area (Å²) in [5.41, 5.74) is 3.47. The maximum Gasteiger partial charge on any atom is 0.408 e. The predicted molar refractivity (Wildman–Crippen MR) is 189 cm³/mol. The topological polar surface area (TPSA) is 144 Å². The number of rotatable bonds is 11. The summed E-state index contributed by atoms with van der Waals surface area (Å²) >= 11 is 0. The van der Waals surface area contributed by atoms with E-state index < -0.39 is 29.9 Å². The van der Waals surface area contributed by atoms with E-state index in [1.54, 1.807) is 0 Å². The molecule has 2 N–H and O–H groups in total. The molecule has 0 radical (unpaired) electrons. The van der Waals surface area contributed by atoms with Crippen molar-refractivity contribution in [3.05, 3.63) is 107 Å². The molecule has 3 aromatic rings. The summed E-state index contributed by atoms with van der Waals surface area (Å²) in [6.07, 6.45) is -0.000425. The number of aliphatic hydroxyl groups excluding tert-OH is 1. The van der Waals surface area contributed by atoms with Gasteiger partial charge in [-0.25, -0.2) is 4.79 Å². The fourth-order valence-corrected chi connectivity index (χ4v) is 6.81. The minimum absolute atomic E-state index is 0.0467. The molecule has 12 heteroatoms. The lowest BCUT2D eigenvalue weighted by Crippen LogP contribution is -2.45. The molecule has 1 unspecified atom stereocenters. The first-order chi connectivity index (χ1) is 25.0. The number of hydrogen-bond donors (Lipinski definition) is 2. The number of nitrogens with zero attached hydrogens (tertiary/aromatic N) is 2. The van der Waals surface area contributed by atoms with E-state index in [-0.39, 0.29) is 56.3 Å². The fourth-order valence-electron chi connectivity index (χ4n) is 6.81. The van der Waals surface area contributed by atoms with E-state index in [2.05, 4.69) is 10.2 Å². The van der Waals surface area contributed by atoms with Crippen molar-refractivity contribution in [1.29, 1.82) is 0 Å². The average molecular weight is 714 g/mol. The van der Waals surface area contributed by atoms with Crippen LogP contribution >= 0.6 is 0 Å². The van der Waals surface area contributed by atoms with Gasteiger partial charge < -0.3 is 29.4 Å². The lowest BCUT2D eigenvalue weighted by atomic mass is 9.99. The molecule has 276 valence electrons. The second kappa shape index (κ2) is 16.4. The Morgan fingerprint density at radius 3 is 2.29 bits per heavy atom. The van der Waals surface area contributed by atoms with Crippen LogP contribution in [0.5, 0.6) is 0 Å². The summed E-state index contributed by atoms with van der Waals surface area (Å²) in [6, 6.07) is 22.9. The first kappa shape index (κ1) is 37.1. The summed E-state index contributed by atoms with van der Waals surface area (Å²) in [5.74, 6) is -1.10. The van der Waals surface area contributed by atoms with E-state index in [9.17, 15) is 24.3 Å². The molecule has 52 heavy (non-hydrogen) atoms. The van der Waals surface area contributed by atoms with Gasteiger partial charge >= 0.3 is 12.1 Å². The number of carbonyl (C=O) groups excluding carboxylic acids is 4. The molecule has 3 aliphatic rings. The molecule has 3 aliphatic heterocycles. The van der Waals surface area contributed by atoms with Crippen molar-refractivity contribution in [3.8, 4) is 0 Å². The van der Waals surface area contributed by atoms with Crippen LogP contribution in [0.4, 0.5) is 4.79 Å². The summed E-state index contributed by atoms with van der Waals surface area (Å²) in [5, 5.41) is 12.1. The van der Waals surface area contributed by atoms with Crippen LogP contribution in [0.2, 0.25) is 0 Å². The molecule has 12 nitrogen and oxygen atoms in total. The summed E-state index contributed by atoms with van der Waals surface area (Å²) in [6.45, 7) is 6.95. The van der Waals surface area contributed by atoms with Crippen molar-refractivity contribution in [2.24, 2.45) is 0 Å². The van der Waals surface area contributed by atoms with Gasteiger partial charge in [-0.15, -0.1) is 0 Å². The van der Waals surface area contributed by atoms with E-state index >= 15 is 0 Å². The molecule has 6 rings (SSSR count). The number of alkyl carbamates (subject to hydrolysis) is 1. The number of likely N-dealkylation sites (tertiary alicyclic amines) is 2. The highest BCUT2D eigenvalue weighted by Crippen LogP contribution is 2.39. The standard InChI is InChI=1S/C40H47N3O9/c1-40(2,3)52-37(47)33-10-7-19-42(33)23-31-20-34(29-15-13-27(24-44)14-16-29)51-38(50-31)30-17-11-26(12-18-30)22-43-35(45)21-32(36(43)46)41-39(48)49-25-28-8-5-4-6-9-28/h4-6,8-9,11-18,31-34,38,44H,7,10,19-25H2,1-3H3,(H,41,48)/t31-,32?,33-,34+,38+/m0/s1. The van der Waals surface area contributed by atoms with Gasteiger partial charge in [0.05, 0.1) is 31.8 Å². The largest absolute Gasteiger partial charge is 0.459 e. The van der Waals surface area contributed by atoms with Crippen LogP contribution < -0.4 is 5.32 Å². The summed E-state index contributed by atoms with van der Waals surface area (Å²) in [4.78, 5) is 54.7. The maximum atomic E-state index is 13.1. The number of amides is 3. The van der Waals surface area contributed by atoms with Crippen LogP contribution in [0.3, 0.4) is 0 Å². The Labute approximate surface area is 304 Å². The third kappa shape index (κ3) is 9.43. The maximum absolute atomic E-state index is 13.1. The zero-order chi connectivity index (χ0) is 36.8. The Bertz CT molecular complexity index is 1710. The Balaban J connectivity index is 1.10. The first-order valence-electron chi connectivity index (χ1n) is 17.8. The average Bonchev–Trinajstić information content (AvgIpc) is 3.70. The monoisotopic (exact) mass is 713 g/mol. The van der Waals surface area contributed by atoms with E-state index in [1.165, 1.54) is 0 Å². The number of esters is 1. The quantitative estimate of drug-likeness (QED) is 0.204. The van der Waals surface area contributed by atoms with Crippen LogP contribution in [0.1, 0.15) is 86.7 Å². The van der Waals surface area contributed by atoms with Gasteiger partial charge in [0.25, 0.3) is 5.91 Å². The smallest absolute Gasteiger partial charge is 0.408 e. The molecule has 3 saturated heterocycles. The Morgan fingerprint density at radius 2 is 1.60 bits per heavy atom. The lowest BCUT2D eigenvalue weighted by Gasteiger charge is -2.38. The summed E-state index contributed by atoms with van der Waals surface area (Å²) < 4.78 is 24.0. The minimum atomic E-state index is -0.995. The van der Waals surface area contributed by atoms with Crippen molar-refractivity contribution in [1.82, 2.24) is 15.1 Å². The van der Waals surface area contributed by atoms with Gasteiger partial charge in [-0.2, -0.15) is 0 Å². The number of ether oxygens (including phenoxy) is 4. The number of hydrogen-bond acceptors (Lipinski definition) is 10. The van der Waals surface area contributed by atoms with Crippen molar-refractivity contribution >= 4 is 23.9 Å². The molecule has 3 heterocycles. The Hall–Kier alpha value is -4.62. The van der Waals surface area contributed by atoms with Crippen molar-refractivity contribution in [3.63, 3.8) is 0 Å². The molecule has 0 bridgehead atoms. The van der Waals surface area contributed by atoms with Gasteiger partial charge in [0.15, 0.2) is 6.29 Å². The molecule has 0 spiro atoms. The van der Waals surface area contributed by atoms with Crippen LogP contribution in [0.25, 0.3) is 0 Å². The third-order valence-electron chi connectivity index (χ3n) is 9.44. The summed E-state index contributed by atoms with van der Waals surface area (Å²) in [7, 11) is 0. The third-order valence-corrected chi connectivity index (χ3v) is 9.44. The van der Waals surface area contributed by atoms with Crippen LogP contribution in [0, 0.1) is 0 Å². The number of nitrogens with one attached hydrogen (secondary N) is 1. The number of benzene rings is 3. The molecular weight excluding hydrogens is 666 g/mol. The molecule has 3 aromatic carbocycles. The SMILES string of the molecule is CC(C)(C)OC(=O)[C@@H]1CCCN1C[C@@H]1C[C@H](c2ccc(CO)cc2)O[C@H](c2ccc(CN3C(=O)CC(NC(=O)OCc4ccccc4)C3=O)cc2)O1. The van der Waals surface area contributed by atoms with Crippen LogP contribution in [0.15, 0.2) is 78.9 Å². The van der Waals surface area contributed by atoms with Crippen LogP contribution in [-0.2, 0) is 53.1 Å². The van der Waals surface area contributed by atoms with E-state index in [0.717, 1.165) is 52.1 Å². The number of aliphatic hydroxyl groups is 1.